The average molecular weight is 329 g/mol. The summed E-state index contributed by atoms with van der Waals surface area (Å²) in [5.74, 6) is 0.138. The lowest BCUT2D eigenvalue weighted by atomic mass is 10.3. The second kappa shape index (κ2) is 6.43. The molecule has 2 aromatic rings. The molecule has 0 aliphatic heterocycles. The maximum Gasteiger partial charge on any atom is 0.293 e. The summed E-state index contributed by atoms with van der Waals surface area (Å²) in [7, 11) is 1.57. The highest BCUT2D eigenvalue weighted by Gasteiger charge is 2.20. The second-order valence-electron chi connectivity index (χ2n) is 4.42. The van der Waals surface area contributed by atoms with Gasteiger partial charge in [-0.2, -0.15) is 0 Å². The molecule has 0 bridgehead atoms. The fourth-order valence-electron chi connectivity index (χ4n) is 1.81. The molecular formula is C13H14Cl2N4O2. The van der Waals surface area contributed by atoms with E-state index in [0.29, 0.717) is 21.6 Å². The van der Waals surface area contributed by atoms with Gasteiger partial charge in [-0.1, -0.05) is 29.3 Å². The van der Waals surface area contributed by atoms with Gasteiger partial charge in [0.2, 0.25) is 5.82 Å². The fraction of sp³-hybridized carbons (Fsp3) is 0.308. The van der Waals surface area contributed by atoms with Gasteiger partial charge in [0.15, 0.2) is 0 Å². The SMILES string of the molecule is Cc1nc(C(=O)N(C)CCO)nn1-c1c(Cl)cccc1Cl. The number of aryl methyl sites for hydroxylation is 1. The number of aliphatic hydroxyl groups excluding tert-OH is 1. The quantitative estimate of drug-likeness (QED) is 0.931. The topological polar surface area (TPSA) is 71.2 Å². The van der Waals surface area contributed by atoms with Gasteiger partial charge in [-0.25, -0.2) is 9.67 Å². The first-order chi connectivity index (χ1) is 9.95. The van der Waals surface area contributed by atoms with Crippen LogP contribution < -0.4 is 0 Å². The van der Waals surface area contributed by atoms with Crippen molar-refractivity contribution >= 4 is 29.1 Å². The molecule has 0 fully saturated rings. The molecule has 2 rings (SSSR count). The van der Waals surface area contributed by atoms with Crippen LogP contribution in [0.5, 0.6) is 0 Å². The van der Waals surface area contributed by atoms with E-state index in [4.69, 9.17) is 28.3 Å². The zero-order valence-corrected chi connectivity index (χ0v) is 13.1. The summed E-state index contributed by atoms with van der Waals surface area (Å²) in [6.07, 6.45) is 0. The van der Waals surface area contributed by atoms with Gasteiger partial charge in [0, 0.05) is 13.6 Å². The first-order valence-corrected chi connectivity index (χ1v) is 6.95. The Balaban J connectivity index is 2.43. The van der Waals surface area contributed by atoms with Crippen LogP contribution in [0.25, 0.3) is 5.69 Å². The Kier molecular flexibility index (Phi) is 4.82. The van der Waals surface area contributed by atoms with E-state index in [1.165, 1.54) is 9.58 Å². The molecule has 0 atom stereocenters. The van der Waals surface area contributed by atoms with Crippen LogP contribution in [0, 0.1) is 6.92 Å². The smallest absolute Gasteiger partial charge is 0.293 e. The molecule has 112 valence electrons. The number of hydrogen-bond acceptors (Lipinski definition) is 4. The predicted molar refractivity (Wildman–Crippen MR) is 80.2 cm³/mol. The maximum absolute atomic E-state index is 12.1. The minimum atomic E-state index is -0.380. The molecule has 0 unspecified atom stereocenters. The standard InChI is InChI=1S/C13H14Cl2N4O2/c1-8-16-12(13(21)18(2)6-7-20)17-19(8)11-9(14)4-3-5-10(11)15/h3-5,20H,6-7H2,1-2H3. The largest absolute Gasteiger partial charge is 0.395 e. The Morgan fingerprint density at radius 1 is 1.38 bits per heavy atom. The molecule has 1 heterocycles. The van der Waals surface area contributed by atoms with E-state index in [9.17, 15) is 4.79 Å². The number of benzene rings is 1. The van der Waals surface area contributed by atoms with Crippen LogP contribution in [0.4, 0.5) is 0 Å². The Hall–Kier alpha value is -1.63. The predicted octanol–water partition coefficient (Wildman–Crippen LogP) is 1.95. The number of halogens is 2. The number of amides is 1. The molecule has 8 heteroatoms. The molecule has 21 heavy (non-hydrogen) atoms. The van der Waals surface area contributed by atoms with E-state index in [2.05, 4.69) is 10.1 Å². The minimum Gasteiger partial charge on any atom is -0.395 e. The van der Waals surface area contributed by atoms with E-state index < -0.39 is 0 Å². The molecule has 1 amide bonds. The molecule has 6 nitrogen and oxygen atoms in total. The summed E-state index contributed by atoms with van der Waals surface area (Å²) >= 11 is 12.3. The van der Waals surface area contributed by atoms with Crippen LogP contribution in [0.1, 0.15) is 16.4 Å². The Labute approximate surface area is 131 Å². The molecule has 0 aliphatic carbocycles. The van der Waals surface area contributed by atoms with Crippen molar-refractivity contribution in [2.24, 2.45) is 0 Å². The van der Waals surface area contributed by atoms with Crippen molar-refractivity contribution in [2.75, 3.05) is 20.2 Å². The number of para-hydroxylation sites is 1. The normalized spacial score (nSPS) is 10.7. The van der Waals surface area contributed by atoms with Crippen LogP contribution in [-0.4, -0.2) is 50.9 Å². The van der Waals surface area contributed by atoms with Crippen molar-refractivity contribution in [1.29, 1.82) is 0 Å². The number of hydrogen-bond donors (Lipinski definition) is 1. The second-order valence-corrected chi connectivity index (χ2v) is 5.23. The Morgan fingerprint density at radius 2 is 2.00 bits per heavy atom. The number of carbonyl (C=O) groups is 1. The van der Waals surface area contributed by atoms with Crippen LogP contribution >= 0.6 is 23.2 Å². The molecule has 0 saturated heterocycles. The number of carbonyl (C=O) groups excluding carboxylic acids is 1. The van der Waals surface area contributed by atoms with Crippen molar-refractivity contribution in [3.63, 3.8) is 0 Å². The maximum atomic E-state index is 12.1. The summed E-state index contributed by atoms with van der Waals surface area (Å²) in [5.41, 5.74) is 0.481. The van der Waals surface area contributed by atoms with Crippen molar-refractivity contribution < 1.29 is 9.90 Å². The van der Waals surface area contributed by atoms with Crippen molar-refractivity contribution in [1.82, 2.24) is 19.7 Å². The highest BCUT2D eigenvalue weighted by atomic mass is 35.5. The minimum absolute atomic E-state index is 0.0273. The molecule has 0 spiro atoms. The highest BCUT2D eigenvalue weighted by molar-refractivity contribution is 6.37. The van der Waals surface area contributed by atoms with Gasteiger partial charge < -0.3 is 10.0 Å². The van der Waals surface area contributed by atoms with Gasteiger partial charge in [0.1, 0.15) is 11.5 Å². The third-order valence-electron chi connectivity index (χ3n) is 2.89. The van der Waals surface area contributed by atoms with Crippen LogP contribution in [0.3, 0.4) is 0 Å². The van der Waals surface area contributed by atoms with Crippen LogP contribution in [-0.2, 0) is 0 Å². The van der Waals surface area contributed by atoms with Gasteiger partial charge >= 0.3 is 0 Å². The highest BCUT2D eigenvalue weighted by Crippen LogP contribution is 2.28. The lowest BCUT2D eigenvalue weighted by Crippen LogP contribution is -2.30. The lowest BCUT2D eigenvalue weighted by molar-refractivity contribution is 0.0755. The summed E-state index contributed by atoms with van der Waals surface area (Å²) < 4.78 is 1.44. The van der Waals surface area contributed by atoms with Crippen molar-refractivity contribution in [3.8, 4) is 5.69 Å². The van der Waals surface area contributed by atoms with Crippen LogP contribution in [0.2, 0.25) is 10.0 Å². The van der Waals surface area contributed by atoms with Gasteiger partial charge in [-0.3, -0.25) is 4.79 Å². The summed E-state index contributed by atoms with van der Waals surface area (Å²) in [4.78, 5) is 17.6. The average Bonchev–Trinajstić information content (AvgIpc) is 2.80. The van der Waals surface area contributed by atoms with Gasteiger partial charge in [-0.15, -0.1) is 5.10 Å². The first kappa shape index (κ1) is 15.8. The first-order valence-electron chi connectivity index (χ1n) is 6.20. The zero-order valence-electron chi connectivity index (χ0n) is 11.5. The third kappa shape index (κ3) is 3.18. The molecule has 0 saturated carbocycles. The summed E-state index contributed by atoms with van der Waals surface area (Å²) in [6, 6.07) is 5.09. The fourth-order valence-corrected chi connectivity index (χ4v) is 2.36. The molecule has 0 aliphatic rings. The Bertz CT molecular complexity index is 652. The molecular weight excluding hydrogens is 315 g/mol. The lowest BCUT2D eigenvalue weighted by Gasteiger charge is -2.12. The molecule has 0 radical (unpaired) electrons. The van der Waals surface area contributed by atoms with E-state index in [-0.39, 0.29) is 24.9 Å². The number of rotatable bonds is 4. The molecule has 1 aromatic heterocycles. The van der Waals surface area contributed by atoms with Gasteiger partial charge in [0.05, 0.1) is 16.7 Å². The number of likely N-dealkylation sites (N-methyl/N-ethyl adjacent to an activating group) is 1. The van der Waals surface area contributed by atoms with E-state index in [1.807, 2.05) is 0 Å². The zero-order chi connectivity index (χ0) is 15.6. The summed E-state index contributed by atoms with van der Waals surface area (Å²) in [5, 5.41) is 13.9. The van der Waals surface area contributed by atoms with Gasteiger partial charge in [-0.05, 0) is 19.1 Å². The monoisotopic (exact) mass is 328 g/mol. The van der Waals surface area contributed by atoms with Crippen LogP contribution in [0.15, 0.2) is 18.2 Å². The molecule has 1 N–H and O–H groups in total. The summed E-state index contributed by atoms with van der Waals surface area (Å²) in [6.45, 7) is 1.78. The van der Waals surface area contributed by atoms with E-state index >= 15 is 0 Å². The van der Waals surface area contributed by atoms with Crippen molar-refractivity contribution in [2.45, 2.75) is 6.92 Å². The number of aliphatic hydroxyl groups is 1. The number of nitrogens with zero attached hydrogens (tertiary/aromatic N) is 4. The van der Waals surface area contributed by atoms with E-state index in [1.54, 1.807) is 32.2 Å². The third-order valence-corrected chi connectivity index (χ3v) is 3.50. The van der Waals surface area contributed by atoms with E-state index in [0.717, 1.165) is 0 Å². The number of aromatic nitrogens is 3. The molecule has 1 aromatic carbocycles. The Morgan fingerprint density at radius 3 is 2.57 bits per heavy atom. The van der Waals surface area contributed by atoms with Crippen molar-refractivity contribution in [3.05, 3.63) is 39.9 Å². The van der Waals surface area contributed by atoms with Gasteiger partial charge in [0.25, 0.3) is 5.91 Å².